The summed E-state index contributed by atoms with van der Waals surface area (Å²) >= 11 is 2.89. The molecule has 0 aliphatic carbocycles. The number of hydrogen-bond donors (Lipinski definition) is 0. The van der Waals surface area contributed by atoms with Crippen LogP contribution in [0.15, 0.2) is 52.4 Å². The van der Waals surface area contributed by atoms with E-state index in [4.69, 9.17) is 4.74 Å². The van der Waals surface area contributed by atoms with E-state index in [1.54, 1.807) is 10.6 Å². The number of methoxy groups -OCH3 is 1. The molecular formula is C19H18N2O3S2. The molecule has 0 spiro atoms. The molecule has 1 heterocycles. The second kappa shape index (κ2) is 7.88. The minimum Gasteiger partial charge on any atom is -0.468 e. The molecule has 0 atom stereocenters. The predicted molar refractivity (Wildman–Crippen MR) is 105 cm³/mol. The number of hydrogen-bond acceptors (Lipinski definition) is 5. The molecule has 1 amide bonds. The molecule has 0 N–H and O–H groups in total. The van der Waals surface area contributed by atoms with Crippen LogP contribution in [0.2, 0.25) is 0 Å². The Morgan fingerprint density at radius 1 is 1.23 bits per heavy atom. The SMILES string of the molecule is COC(=O)Cn1c(=NC(=O)c2ccccc2SC)sc2cc(C)ccc21. The molecule has 2 aromatic carbocycles. The summed E-state index contributed by atoms with van der Waals surface area (Å²) in [5, 5.41) is 0. The number of aryl methyl sites for hydroxylation is 1. The van der Waals surface area contributed by atoms with Gasteiger partial charge in [0.25, 0.3) is 5.91 Å². The number of carbonyl (C=O) groups is 2. The van der Waals surface area contributed by atoms with Gasteiger partial charge in [0, 0.05) is 4.90 Å². The second-order valence-electron chi connectivity index (χ2n) is 5.64. The molecule has 5 nitrogen and oxygen atoms in total. The number of rotatable bonds is 4. The van der Waals surface area contributed by atoms with Crippen molar-refractivity contribution in [3.63, 3.8) is 0 Å². The van der Waals surface area contributed by atoms with Crippen LogP contribution in [0.1, 0.15) is 15.9 Å². The fourth-order valence-corrected chi connectivity index (χ4v) is 4.30. The quantitative estimate of drug-likeness (QED) is 0.507. The van der Waals surface area contributed by atoms with Gasteiger partial charge in [-0.15, -0.1) is 11.8 Å². The second-order valence-corrected chi connectivity index (χ2v) is 7.49. The van der Waals surface area contributed by atoms with Crippen molar-refractivity contribution in [1.82, 2.24) is 4.57 Å². The van der Waals surface area contributed by atoms with Crippen LogP contribution in [0, 0.1) is 6.92 Å². The maximum Gasteiger partial charge on any atom is 0.325 e. The van der Waals surface area contributed by atoms with Crippen molar-refractivity contribution < 1.29 is 14.3 Å². The van der Waals surface area contributed by atoms with E-state index in [9.17, 15) is 9.59 Å². The molecule has 7 heteroatoms. The molecule has 0 fully saturated rings. The Bertz CT molecular complexity index is 1050. The van der Waals surface area contributed by atoms with Gasteiger partial charge in [-0.05, 0) is 43.0 Å². The van der Waals surface area contributed by atoms with Crippen molar-refractivity contribution in [2.45, 2.75) is 18.4 Å². The summed E-state index contributed by atoms with van der Waals surface area (Å²) in [4.78, 5) is 30.2. The summed E-state index contributed by atoms with van der Waals surface area (Å²) in [6.07, 6.45) is 1.92. The van der Waals surface area contributed by atoms with Gasteiger partial charge in [-0.3, -0.25) is 9.59 Å². The first-order valence-electron chi connectivity index (χ1n) is 7.92. The maximum absolute atomic E-state index is 12.7. The minimum atomic E-state index is -0.385. The van der Waals surface area contributed by atoms with E-state index in [0.29, 0.717) is 10.4 Å². The van der Waals surface area contributed by atoms with Crippen LogP contribution in [-0.4, -0.2) is 29.8 Å². The molecule has 3 rings (SSSR count). The molecule has 0 aliphatic heterocycles. The van der Waals surface area contributed by atoms with Crippen LogP contribution in [-0.2, 0) is 16.1 Å². The first kappa shape index (κ1) is 18.4. The molecule has 3 aromatic rings. The third-order valence-electron chi connectivity index (χ3n) is 3.89. The Morgan fingerprint density at radius 2 is 2.00 bits per heavy atom. The number of nitrogens with zero attached hydrogens (tertiary/aromatic N) is 2. The Morgan fingerprint density at radius 3 is 2.73 bits per heavy atom. The highest BCUT2D eigenvalue weighted by molar-refractivity contribution is 7.98. The summed E-state index contributed by atoms with van der Waals surface area (Å²) in [6, 6.07) is 13.3. The van der Waals surface area contributed by atoms with Crippen LogP contribution in [0.25, 0.3) is 10.2 Å². The van der Waals surface area contributed by atoms with Crippen molar-refractivity contribution in [3.8, 4) is 0 Å². The zero-order valence-corrected chi connectivity index (χ0v) is 16.3. The highest BCUT2D eigenvalue weighted by atomic mass is 32.2. The molecule has 0 unspecified atom stereocenters. The van der Waals surface area contributed by atoms with Crippen molar-refractivity contribution in [3.05, 3.63) is 58.4 Å². The Labute approximate surface area is 159 Å². The number of thiazole rings is 1. The van der Waals surface area contributed by atoms with E-state index in [1.165, 1.54) is 30.2 Å². The lowest BCUT2D eigenvalue weighted by molar-refractivity contribution is -0.141. The van der Waals surface area contributed by atoms with Gasteiger partial charge >= 0.3 is 5.97 Å². The van der Waals surface area contributed by atoms with Crippen LogP contribution in [0.4, 0.5) is 0 Å². The summed E-state index contributed by atoms with van der Waals surface area (Å²) in [7, 11) is 1.35. The number of benzene rings is 2. The van der Waals surface area contributed by atoms with Gasteiger partial charge in [0.2, 0.25) is 0 Å². The molecule has 134 valence electrons. The lowest BCUT2D eigenvalue weighted by Crippen LogP contribution is -2.22. The first-order valence-corrected chi connectivity index (χ1v) is 9.96. The number of ether oxygens (including phenoxy) is 1. The summed E-state index contributed by atoms with van der Waals surface area (Å²) in [5.74, 6) is -0.708. The third kappa shape index (κ3) is 3.73. The smallest absolute Gasteiger partial charge is 0.325 e. The van der Waals surface area contributed by atoms with Crippen LogP contribution in [0.3, 0.4) is 0 Å². The van der Waals surface area contributed by atoms with Gasteiger partial charge < -0.3 is 9.30 Å². The minimum absolute atomic E-state index is 0.00977. The van der Waals surface area contributed by atoms with Gasteiger partial charge in [0.15, 0.2) is 4.80 Å². The molecule has 0 radical (unpaired) electrons. The third-order valence-corrected chi connectivity index (χ3v) is 5.72. The average molecular weight is 386 g/mol. The number of thioether (sulfide) groups is 1. The van der Waals surface area contributed by atoms with E-state index in [-0.39, 0.29) is 18.4 Å². The molecular weight excluding hydrogens is 368 g/mol. The van der Waals surface area contributed by atoms with E-state index in [1.807, 2.05) is 49.6 Å². The first-order chi connectivity index (χ1) is 12.5. The van der Waals surface area contributed by atoms with Gasteiger partial charge in [-0.1, -0.05) is 29.5 Å². The highest BCUT2D eigenvalue weighted by Crippen LogP contribution is 2.22. The number of carbonyl (C=O) groups excluding carboxylic acids is 2. The maximum atomic E-state index is 12.7. The fourth-order valence-electron chi connectivity index (χ4n) is 2.58. The molecule has 26 heavy (non-hydrogen) atoms. The van der Waals surface area contributed by atoms with Crippen molar-refractivity contribution in [1.29, 1.82) is 0 Å². The molecule has 0 aliphatic rings. The normalized spacial score (nSPS) is 11.7. The van der Waals surface area contributed by atoms with E-state index in [2.05, 4.69) is 4.99 Å². The van der Waals surface area contributed by atoms with Crippen molar-refractivity contribution in [2.75, 3.05) is 13.4 Å². The van der Waals surface area contributed by atoms with Crippen LogP contribution in [0.5, 0.6) is 0 Å². The number of esters is 1. The molecule has 0 saturated heterocycles. The predicted octanol–water partition coefficient (Wildman–Crippen LogP) is 3.65. The van der Waals surface area contributed by atoms with Gasteiger partial charge in [0.1, 0.15) is 6.54 Å². The molecule has 0 bridgehead atoms. The van der Waals surface area contributed by atoms with Gasteiger partial charge in [-0.2, -0.15) is 4.99 Å². The summed E-state index contributed by atoms with van der Waals surface area (Å²) < 4.78 is 7.49. The fraction of sp³-hybridized carbons (Fsp3) is 0.211. The molecule has 1 aromatic heterocycles. The Hall–Kier alpha value is -2.38. The number of fused-ring (bicyclic) bond motifs is 1. The van der Waals surface area contributed by atoms with E-state index in [0.717, 1.165) is 20.7 Å². The van der Waals surface area contributed by atoms with Gasteiger partial charge in [-0.25, -0.2) is 0 Å². The zero-order chi connectivity index (χ0) is 18.7. The lowest BCUT2D eigenvalue weighted by atomic mass is 10.2. The van der Waals surface area contributed by atoms with Crippen LogP contribution >= 0.6 is 23.1 Å². The summed E-state index contributed by atoms with van der Waals surface area (Å²) in [5.41, 5.74) is 2.52. The summed E-state index contributed by atoms with van der Waals surface area (Å²) in [6.45, 7) is 2.01. The Kier molecular flexibility index (Phi) is 5.58. The van der Waals surface area contributed by atoms with E-state index < -0.39 is 0 Å². The average Bonchev–Trinajstić information content (AvgIpc) is 2.97. The molecule has 0 saturated carbocycles. The monoisotopic (exact) mass is 386 g/mol. The highest BCUT2D eigenvalue weighted by Gasteiger charge is 2.14. The number of amides is 1. The van der Waals surface area contributed by atoms with Gasteiger partial charge in [0.05, 0.1) is 22.9 Å². The topological polar surface area (TPSA) is 60.7 Å². The largest absolute Gasteiger partial charge is 0.468 e. The lowest BCUT2D eigenvalue weighted by Gasteiger charge is -2.04. The standard InChI is InChI=1S/C19H18N2O3S2/c1-12-8-9-14-16(10-12)26-19(21(14)11-17(22)24-2)20-18(23)13-6-4-5-7-15(13)25-3/h4-10H,11H2,1-3H3. The van der Waals surface area contributed by atoms with Crippen molar-refractivity contribution in [2.24, 2.45) is 4.99 Å². The van der Waals surface area contributed by atoms with E-state index >= 15 is 0 Å². The van der Waals surface area contributed by atoms with Crippen LogP contribution < -0.4 is 4.80 Å². The zero-order valence-electron chi connectivity index (χ0n) is 14.7. The number of aromatic nitrogens is 1. The Balaban J connectivity index is 2.16. The van der Waals surface area contributed by atoms with Crippen molar-refractivity contribution >= 4 is 45.2 Å².